The van der Waals surface area contributed by atoms with Gasteiger partial charge in [-0.1, -0.05) is 5.10 Å². The maximum Gasteiger partial charge on any atom is 0.338 e. The summed E-state index contributed by atoms with van der Waals surface area (Å²) >= 11 is 0. The van der Waals surface area contributed by atoms with Crippen molar-refractivity contribution in [2.75, 3.05) is 33.3 Å². The third kappa shape index (κ3) is 4.74. The molecule has 1 aromatic heterocycles. The highest BCUT2D eigenvalue weighted by Crippen LogP contribution is 2.38. The molecule has 10 heteroatoms. The number of rotatable bonds is 8. The van der Waals surface area contributed by atoms with Gasteiger partial charge in [-0.15, -0.1) is 5.10 Å². The summed E-state index contributed by atoms with van der Waals surface area (Å²) in [5.41, 5.74) is 1.22. The maximum absolute atomic E-state index is 12.6. The summed E-state index contributed by atoms with van der Waals surface area (Å²) in [5.74, 6) is 0.285. The van der Waals surface area contributed by atoms with E-state index < -0.39 is 11.9 Å². The second kappa shape index (κ2) is 9.61. The first-order valence-electron chi connectivity index (χ1n) is 9.23. The predicted octanol–water partition coefficient (Wildman–Crippen LogP) is 3.19. The van der Waals surface area contributed by atoms with Gasteiger partial charge in [0, 0.05) is 11.1 Å². The van der Waals surface area contributed by atoms with E-state index in [-0.39, 0.29) is 17.5 Å². The number of anilines is 1. The van der Waals surface area contributed by atoms with E-state index in [1.54, 1.807) is 31.2 Å². The molecule has 162 valence electrons. The Balaban J connectivity index is 1.77. The largest absolute Gasteiger partial charge is 0.493 e. The molecule has 1 heterocycles. The fourth-order valence-electron chi connectivity index (χ4n) is 2.74. The molecular weight excluding hydrogens is 406 g/mol. The van der Waals surface area contributed by atoms with Gasteiger partial charge in [-0.2, -0.15) is 0 Å². The van der Waals surface area contributed by atoms with Crippen molar-refractivity contribution in [1.29, 1.82) is 0 Å². The number of ether oxygens (including phenoxy) is 4. The fourth-order valence-corrected chi connectivity index (χ4v) is 2.74. The van der Waals surface area contributed by atoms with Crippen molar-refractivity contribution in [3.8, 4) is 28.7 Å². The van der Waals surface area contributed by atoms with Crippen LogP contribution in [0.2, 0.25) is 0 Å². The lowest BCUT2D eigenvalue weighted by atomic mass is 10.1. The van der Waals surface area contributed by atoms with Crippen LogP contribution in [0.5, 0.6) is 17.2 Å². The number of benzene rings is 2. The van der Waals surface area contributed by atoms with Gasteiger partial charge in [-0.3, -0.25) is 10.1 Å². The normalized spacial score (nSPS) is 10.3. The Hall–Kier alpha value is -4.08. The second-order valence-corrected chi connectivity index (χ2v) is 6.08. The molecule has 1 N–H and O–H groups in total. The Kier molecular flexibility index (Phi) is 6.71. The summed E-state index contributed by atoms with van der Waals surface area (Å²) in [7, 11) is 4.38. The maximum atomic E-state index is 12.6. The van der Waals surface area contributed by atoms with E-state index in [1.165, 1.54) is 33.5 Å². The van der Waals surface area contributed by atoms with Gasteiger partial charge in [0.25, 0.3) is 5.91 Å². The summed E-state index contributed by atoms with van der Waals surface area (Å²) in [6, 6.07) is 9.37. The summed E-state index contributed by atoms with van der Waals surface area (Å²) < 4.78 is 26.2. The van der Waals surface area contributed by atoms with Crippen LogP contribution < -0.4 is 19.5 Å². The summed E-state index contributed by atoms with van der Waals surface area (Å²) in [6.07, 6.45) is 0. The molecule has 0 bridgehead atoms. The van der Waals surface area contributed by atoms with E-state index in [9.17, 15) is 9.59 Å². The molecule has 0 aliphatic rings. The van der Waals surface area contributed by atoms with Gasteiger partial charge in [0.1, 0.15) is 0 Å². The van der Waals surface area contributed by atoms with Crippen molar-refractivity contribution >= 4 is 17.9 Å². The number of aromatic nitrogens is 2. The van der Waals surface area contributed by atoms with E-state index >= 15 is 0 Å². The number of carbonyl (C=O) groups excluding carboxylic acids is 2. The lowest BCUT2D eigenvalue weighted by Crippen LogP contribution is -2.13. The number of nitrogens with zero attached hydrogens (tertiary/aromatic N) is 2. The van der Waals surface area contributed by atoms with Crippen molar-refractivity contribution in [3.05, 3.63) is 47.5 Å². The molecular formula is C21H21N3O7. The van der Waals surface area contributed by atoms with Crippen LogP contribution in [0, 0.1) is 0 Å². The van der Waals surface area contributed by atoms with Gasteiger partial charge in [0.2, 0.25) is 11.6 Å². The van der Waals surface area contributed by atoms with E-state index in [4.69, 9.17) is 23.4 Å². The minimum absolute atomic E-state index is 0.0942. The molecule has 3 rings (SSSR count). The van der Waals surface area contributed by atoms with Crippen molar-refractivity contribution in [1.82, 2.24) is 10.2 Å². The Labute approximate surface area is 178 Å². The Morgan fingerprint density at radius 2 is 1.58 bits per heavy atom. The zero-order chi connectivity index (χ0) is 22.4. The molecule has 0 aliphatic heterocycles. The molecule has 2 aromatic carbocycles. The topological polar surface area (TPSA) is 122 Å². The zero-order valence-electron chi connectivity index (χ0n) is 17.4. The molecule has 0 spiro atoms. The van der Waals surface area contributed by atoms with Crippen molar-refractivity contribution in [3.63, 3.8) is 0 Å². The van der Waals surface area contributed by atoms with Gasteiger partial charge < -0.3 is 23.4 Å². The molecule has 31 heavy (non-hydrogen) atoms. The number of amides is 1. The predicted molar refractivity (Wildman–Crippen MR) is 110 cm³/mol. The fraction of sp³-hybridized carbons (Fsp3) is 0.238. The average Bonchev–Trinajstić information content (AvgIpc) is 3.26. The van der Waals surface area contributed by atoms with Gasteiger partial charge >= 0.3 is 12.0 Å². The van der Waals surface area contributed by atoms with E-state index in [0.29, 0.717) is 35.0 Å². The molecule has 0 atom stereocenters. The number of methoxy groups -OCH3 is 3. The van der Waals surface area contributed by atoms with Crippen LogP contribution in [0.15, 0.2) is 40.8 Å². The molecule has 3 aromatic rings. The highest BCUT2D eigenvalue weighted by molar-refractivity contribution is 6.04. The standard InChI is InChI=1S/C21H21N3O7/c1-5-30-20(26)13-8-6-12(7-9-13)19-23-24-21(31-19)22-18(25)14-10-15(27-2)17(29-4)16(11-14)28-3/h6-11H,5H2,1-4H3,(H,22,24,25). The van der Waals surface area contributed by atoms with Crippen LogP contribution >= 0.6 is 0 Å². The number of nitrogens with one attached hydrogen (secondary N) is 1. The van der Waals surface area contributed by atoms with Crippen LogP contribution in [-0.4, -0.2) is 50.0 Å². The molecule has 0 saturated heterocycles. The smallest absolute Gasteiger partial charge is 0.338 e. The minimum atomic E-state index is -0.507. The Bertz CT molecular complexity index is 1050. The zero-order valence-corrected chi connectivity index (χ0v) is 17.4. The van der Waals surface area contributed by atoms with Crippen LogP contribution in [0.3, 0.4) is 0 Å². The quantitative estimate of drug-likeness (QED) is 0.540. The summed E-state index contributed by atoms with van der Waals surface area (Å²) in [5, 5.41) is 10.3. The molecule has 10 nitrogen and oxygen atoms in total. The van der Waals surface area contributed by atoms with E-state index in [0.717, 1.165) is 0 Å². The first-order valence-corrected chi connectivity index (χ1v) is 9.23. The molecule has 0 saturated carbocycles. The molecule has 0 radical (unpaired) electrons. The van der Waals surface area contributed by atoms with Gasteiger partial charge in [0.05, 0.1) is 33.5 Å². The molecule has 1 amide bonds. The van der Waals surface area contributed by atoms with Crippen molar-refractivity contribution in [2.45, 2.75) is 6.92 Å². The van der Waals surface area contributed by atoms with Crippen LogP contribution in [0.25, 0.3) is 11.5 Å². The number of hydrogen-bond acceptors (Lipinski definition) is 9. The third-order valence-electron chi connectivity index (χ3n) is 4.22. The first-order chi connectivity index (χ1) is 15.0. The van der Waals surface area contributed by atoms with E-state index in [2.05, 4.69) is 15.5 Å². The lowest BCUT2D eigenvalue weighted by Gasteiger charge is -2.13. The van der Waals surface area contributed by atoms with E-state index in [1.807, 2.05) is 0 Å². The second-order valence-electron chi connectivity index (χ2n) is 6.08. The average molecular weight is 427 g/mol. The van der Waals surface area contributed by atoms with Crippen molar-refractivity contribution in [2.24, 2.45) is 0 Å². The van der Waals surface area contributed by atoms with Gasteiger partial charge in [0.15, 0.2) is 11.5 Å². The molecule has 0 fully saturated rings. The number of esters is 1. The first kappa shape index (κ1) is 21.6. The van der Waals surface area contributed by atoms with Gasteiger partial charge in [-0.25, -0.2) is 4.79 Å². The summed E-state index contributed by atoms with van der Waals surface area (Å²) in [4.78, 5) is 24.4. The monoisotopic (exact) mass is 427 g/mol. The Morgan fingerprint density at radius 1 is 0.935 bits per heavy atom. The van der Waals surface area contributed by atoms with Crippen molar-refractivity contribution < 1.29 is 33.0 Å². The number of hydrogen-bond donors (Lipinski definition) is 1. The van der Waals surface area contributed by atoms with Crippen LogP contribution in [0.4, 0.5) is 6.01 Å². The van der Waals surface area contributed by atoms with Crippen LogP contribution in [-0.2, 0) is 4.74 Å². The molecule has 0 aliphatic carbocycles. The Morgan fingerprint density at radius 3 is 2.13 bits per heavy atom. The lowest BCUT2D eigenvalue weighted by molar-refractivity contribution is 0.0526. The minimum Gasteiger partial charge on any atom is -0.493 e. The van der Waals surface area contributed by atoms with Crippen LogP contribution in [0.1, 0.15) is 27.6 Å². The highest BCUT2D eigenvalue weighted by atomic mass is 16.5. The SMILES string of the molecule is CCOC(=O)c1ccc(-c2nnc(NC(=O)c3cc(OC)c(OC)c(OC)c3)o2)cc1. The number of carbonyl (C=O) groups is 2. The summed E-state index contributed by atoms with van der Waals surface area (Å²) in [6.45, 7) is 2.03. The van der Waals surface area contributed by atoms with Gasteiger partial charge in [-0.05, 0) is 43.3 Å². The highest BCUT2D eigenvalue weighted by Gasteiger charge is 2.19. The third-order valence-corrected chi connectivity index (χ3v) is 4.22. The molecule has 0 unspecified atom stereocenters.